The Morgan fingerprint density at radius 3 is 2.77 bits per heavy atom. The van der Waals surface area contributed by atoms with Crippen molar-refractivity contribution in [3.05, 3.63) is 0 Å². The molecule has 3 rings (SSSR count). The number of carbonyl (C=O) groups excluding carboxylic acids is 1. The van der Waals surface area contributed by atoms with E-state index in [-0.39, 0.29) is 25.1 Å². The zero-order chi connectivity index (χ0) is 15.6. The van der Waals surface area contributed by atoms with Crippen molar-refractivity contribution >= 4 is 5.91 Å². The summed E-state index contributed by atoms with van der Waals surface area (Å²) in [6.07, 6.45) is 6.59. The summed E-state index contributed by atoms with van der Waals surface area (Å²) in [5, 5.41) is 5.39. The van der Waals surface area contributed by atoms with E-state index >= 15 is 0 Å². The molecule has 0 radical (unpaired) electrons. The van der Waals surface area contributed by atoms with Crippen LogP contribution in [0.3, 0.4) is 0 Å². The molecule has 22 heavy (non-hydrogen) atoms. The highest BCUT2D eigenvalue weighted by Gasteiger charge is 2.41. The number of halogens is 2. The fourth-order valence-corrected chi connectivity index (χ4v) is 3.55. The number of ether oxygens (including phenoxy) is 1. The third kappa shape index (κ3) is 4.16. The normalized spacial score (nSPS) is 35.1. The molecule has 1 unspecified atom stereocenters. The van der Waals surface area contributed by atoms with E-state index in [1.165, 1.54) is 12.8 Å². The Labute approximate surface area is 130 Å². The highest BCUT2D eigenvalue weighted by molar-refractivity contribution is 5.76. The van der Waals surface area contributed by atoms with Crippen LogP contribution in [0.15, 0.2) is 0 Å². The SMILES string of the molecule is O=C(C[C@@H]1CCC[C@H](C2CC2)O1)NCC1CCNCC1(F)F. The number of carbonyl (C=O) groups is 1. The lowest BCUT2D eigenvalue weighted by molar-refractivity contribution is -0.129. The molecule has 3 fully saturated rings. The molecule has 2 N–H and O–H groups in total. The molecule has 0 aromatic heterocycles. The van der Waals surface area contributed by atoms with Gasteiger partial charge >= 0.3 is 0 Å². The van der Waals surface area contributed by atoms with Crippen LogP contribution in [0.25, 0.3) is 0 Å². The van der Waals surface area contributed by atoms with E-state index in [0.717, 1.165) is 19.3 Å². The summed E-state index contributed by atoms with van der Waals surface area (Å²) in [5.41, 5.74) is 0. The lowest BCUT2D eigenvalue weighted by Crippen LogP contribution is -2.50. The van der Waals surface area contributed by atoms with Gasteiger partial charge in [-0.3, -0.25) is 4.79 Å². The third-order valence-corrected chi connectivity index (χ3v) is 5.12. The van der Waals surface area contributed by atoms with Gasteiger partial charge in [-0.15, -0.1) is 0 Å². The first-order chi connectivity index (χ1) is 10.5. The maximum atomic E-state index is 13.7. The Balaban J connectivity index is 1.40. The van der Waals surface area contributed by atoms with Crippen LogP contribution in [0, 0.1) is 11.8 Å². The van der Waals surface area contributed by atoms with E-state index in [2.05, 4.69) is 10.6 Å². The minimum Gasteiger partial charge on any atom is -0.374 e. The van der Waals surface area contributed by atoms with Crippen LogP contribution < -0.4 is 10.6 Å². The number of nitrogens with one attached hydrogen (secondary N) is 2. The molecule has 1 amide bonds. The van der Waals surface area contributed by atoms with Crippen LogP contribution >= 0.6 is 0 Å². The van der Waals surface area contributed by atoms with Crippen molar-refractivity contribution in [1.82, 2.24) is 10.6 Å². The standard InChI is InChI=1S/C16H26F2N2O2/c17-16(18)10-19-7-6-12(16)9-20-15(21)8-13-2-1-3-14(22-13)11-4-5-11/h11-14,19H,1-10H2,(H,20,21)/t12?,13-,14+/m0/s1. The van der Waals surface area contributed by atoms with Crippen molar-refractivity contribution in [2.45, 2.75) is 63.1 Å². The number of amides is 1. The maximum absolute atomic E-state index is 13.7. The van der Waals surface area contributed by atoms with Gasteiger partial charge < -0.3 is 15.4 Å². The largest absolute Gasteiger partial charge is 0.374 e. The van der Waals surface area contributed by atoms with Gasteiger partial charge in [0.25, 0.3) is 5.92 Å². The molecular weight excluding hydrogens is 290 g/mol. The highest BCUT2D eigenvalue weighted by Crippen LogP contribution is 2.39. The molecule has 0 bridgehead atoms. The summed E-state index contributed by atoms with van der Waals surface area (Å²) in [7, 11) is 0. The van der Waals surface area contributed by atoms with E-state index < -0.39 is 11.8 Å². The summed E-state index contributed by atoms with van der Waals surface area (Å²) >= 11 is 0. The van der Waals surface area contributed by atoms with Crippen molar-refractivity contribution in [1.29, 1.82) is 0 Å². The first-order valence-electron chi connectivity index (χ1n) is 8.55. The van der Waals surface area contributed by atoms with E-state index in [1.54, 1.807) is 0 Å². The molecule has 2 saturated heterocycles. The smallest absolute Gasteiger partial charge is 0.264 e. The average Bonchev–Trinajstić information content (AvgIpc) is 3.30. The number of hydrogen-bond acceptors (Lipinski definition) is 3. The molecule has 3 atom stereocenters. The van der Waals surface area contributed by atoms with Crippen LogP contribution in [-0.4, -0.2) is 43.7 Å². The molecule has 0 spiro atoms. The van der Waals surface area contributed by atoms with Crippen LogP contribution in [-0.2, 0) is 9.53 Å². The average molecular weight is 316 g/mol. The number of alkyl halides is 2. The van der Waals surface area contributed by atoms with Gasteiger partial charge in [0.1, 0.15) is 0 Å². The Morgan fingerprint density at radius 2 is 2.05 bits per heavy atom. The molecule has 0 aromatic carbocycles. The van der Waals surface area contributed by atoms with Crippen LogP contribution in [0.1, 0.15) is 44.9 Å². The minimum absolute atomic E-state index is 0.0344. The Morgan fingerprint density at radius 1 is 1.23 bits per heavy atom. The van der Waals surface area contributed by atoms with Gasteiger partial charge in [-0.1, -0.05) is 0 Å². The van der Waals surface area contributed by atoms with Gasteiger partial charge in [0.2, 0.25) is 5.91 Å². The van der Waals surface area contributed by atoms with Crippen molar-refractivity contribution in [3.63, 3.8) is 0 Å². The fourth-order valence-electron chi connectivity index (χ4n) is 3.55. The lowest BCUT2D eigenvalue weighted by Gasteiger charge is -2.32. The molecule has 6 heteroatoms. The van der Waals surface area contributed by atoms with Crippen LogP contribution in [0.5, 0.6) is 0 Å². The Hall–Kier alpha value is -0.750. The van der Waals surface area contributed by atoms with Crippen molar-refractivity contribution in [2.75, 3.05) is 19.6 Å². The van der Waals surface area contributed by atoms with E-state index in [1.807, 2.05) is 0 Å². The predicted molar refractivity (Wildman–Crippen MR) is 78.8 cm³/mol. The molecule has 2 aliphatic heterocycles. The number of rotatable bonds is 5. The minimum atomic E-state index is -2.73. The third-order valence-electron chi connectivity index (χ3n) is 5.12. The summed E-state index contributed by atoms with van der Waals surface area (Å²) < 4.78 is 33.4. The Kier molecular flexibility index (Phi) is 4.97. The molecule has 126 valence electrons. The van der Waals surface area contributed by atoms with Crippen LogP contribution in [0.4, 0.5) is 8.78 Å². The summed E-state index contributed by atoms with van der Waals surface area (Å²) in [6.45, 7) is 0.361. The van der Waals surface area contributed by atoms with Crippen LogP contribution in [0.2, 0.25) is 0 Å². The maximum Gasteiger partial charge on any atom is 0.264 e. The van der Waals surface area contributed by atoms with Gasteiger partial charge in [-0.25, -0.2) is 8.78 Å². The zero-order valence-corrected chi connectivity index (χ0v) is 13.0. The molecule has 1 aliphatic carbocycles. The second kappa shape index (κ2) is 6.79. The van der Waals surface area contributed by atoms with Crippen molar-refractivity contribution in [3.8, 4) is 0 Å². The summed E-state index contributed by atoms with van der Waals surface area (Å²) in [6, 6.07) is 0. The monoisotopic (exact) mass is 316 g/mol. The van der Waals surface area contributed by atoms with Crippen molar-refractivity contribution < 1.29 is 18.3 Å². The second-order valence-corrected chi connectivity index (χ2v) is 7.00. The van der Waals surface area contributed by atoms with Crippen molar-refractivity contribution in [2.24, 2.45) is 11.8 Å². The van der Waals surface area contributed by atoms with Gasteiger partial charge in [0.15, 0.2) is 0 Å². The van der Waals surface area contributed by atoms with E-state index in [4.69, 9.17) is 4.74 Å². The van der Waals surface area contributed by atoms with Gasteiger partial charge in [0.05, 0.1) is 25.2 Å². The fraction of sp³-hybridized carbons (Fsp3) is 0.938. The number of hydrogen-bond donors (Lipinski definition) is 2. The molecule has 4 nitrogen and oxygen atoms in total. The summed E-state index contributed by atoms with van der Waals surface area (Å²) in [5.74, 6) is -2.96. The zero-order valence-electron chi connectivity index (χ0n) is 13.0. The number of piperidine rings is 1. The molecule has 2 heterocycles. The topological polar surface area (TPSA) is 50.4 Å². The molecule has 1 saturated carbocycles. The van der Waals surface area contributed by atoms with Gasteiger partial charge in [-0.2, -0.15) is 0 Å². The molecule has 3 aliphatic rings. The molecule has 0 aromatic rings. The lowest BCUT2D eigenvalue weighted by atomic mass is 9.94. The quantitative estimate of drug-likeness (QED) is 0.816. The molecular formula is C16H26F2N2O2. The summed E-state index contributed by atoms with van der Waals surface area (Å²) in [4.78, 5) is 12.0. The Bertz CT molecular complexity index is 402. The van der Waals surface area contributed by atoms with E-state index in [9.17, 15) is 13.6 Å². The highest BCUT2D eigenvalue weighted by atomic mass is 19.3. The van der Waals surface area contributed by atoms with E-state index in [0.29, 0.717) is 31.4 Å². The predicted octanol–water partition coefficient (Wildman–Crippen LogP) is 2.09. The van der Waals surface area contributed by atoms with Gasteiger partial charge in [0, 0.05) is 12.5 Å². The first kappa shape index (κ1) is 16.1. The second-order valence-electron chi connectivity index (χ2n) is 7.00. The first-order valence-corrected chi connectivity index (χ1v) is 8.55. The van der Waals surface area contributed by atoms with Gasteiger partial charge in [-0.05, 0) is 51.0 Å².